The van der Waals surface area contributed by atoms with Crippen molar-refractivity contribution >= 4 is 41.8 Å². The van der Waals surface area contributed by atoms with E-state index >= 15 is 0 Å². The van der Waals surface area contributed by atoms with E-state index in [0.29, 0.717) is 0 Å². The minimum atomic E-state index is -4.77. The van der Waals surface area contributed by atoms with E-state index in [-0.39, 0.29) is 33.8 Å². The molecule has 0 aromatic heterocycles. The lowest BCUT2D eigenvalue weighted by Crippen LogP contribution is -1.99. The third kappa shape index (κ3) is 3.41. The molecule has 10 nitrogen and oxygen atoms in total. The highest BCUT2D eigenvalue weighted by Crippen LogP contribution is 2.42. The van der Waals surface area contributed by atoms with Crippen LogP contribution in [0.1, 0.15) is 0 Å². The van der Waals surface area contributed by atoms with Gasteiger partial charge in [-0.05, 0) is 36.4 Å². The first-order chi connectivity index (χ1) is 11.0. The molecule has 0 saturated carbocycles. The quantitative estimate of drug-likeness (QED) is 0.279. The molecule has 0 spiro atoms. The summed E-state index contributed by atoms with van der Waals surface area (Å²) in [6.45, 7) is 0. The van der Waals surface area contributed by atoms with Crippen molar-refractivity contribution in [3.63, 3.8) is 0 Å². The van der Waals surface area contributed by atoms with Crippen molar-refractivity contribution in [1.29, 1.82) is 0 Å². The Bertz CT molecular complexity index is 1120. The summed E-state index contributed by atoms with van der Waals surface area (Å²) in [4.78, 5) is -1.19. The second-order valence-electron chi connectivity index (χ2n) is 5.02. The van der Waals surface area contributed by atoms with Crippen molar-refractivity contribution in [1.82, 2.24) is 12.3 Å². The second kappa shape index (κ2) is 6.68. The third-order valence-electron chi connectivity index (χ3n) is 3.58. The van der Waals surface area contributed by atoms with Crippen molar-refractivity contribution in [3.8, 4) is 11.5 Å². The van der Waals surface area contributed by atoms with Crippen molar-refractivity contribution in [2.75, 3.05) is 0 Å². The Morgan fingerprint density at radius 1 is 0.615 bits per heavy atom. The molecule has 0 fully saturated rings. The van der Waals surface area contributed by atoms with E-state index in [2.05, 4.69) is 0 Å². The maximum absolute atomic E-state index is 11.1. The van der Waals surface area contributed by atoms with Gasteiger partial charge in [0.2, 0.25) is 0 Å². The molecule has 12 heteroatoms. The van der Waals surface area contributed by atoms with Gasteiger partial charge in [0.25, 0.3) is 0 Å². The maximum Gasteiger partial charge on any atom is 0.131 e. The van der Waals surface area contributed by atoms with Gasteiger partial charge in [0, 0.05) is 21.5 Å². The van der Waals surface area contributed by atoms with Gasteiger partial charge in [-0.1, -0.05) is 0 Å². The summed E-state index contributed by atoms with van der Waals surface area (Å²) >= 11 is 0. The molecule has 0 unspecified atom stereocenters. The summed E-state index contributed by atoms with van der Waals surface area (Å²) < 4.78 is 66.5. The Labute approximate surface area is 148 Å². The van der Waals surface area contributed by atoms with Crippen LogP contribution < -0.4 is 12.3 Å². The number of aromatic hydroxyl groups is 2. The summed E-state index contributed by atoms with van der Waals surface area (Å²) in [5.74, 6) is -0.920. The molecule has 0 amide bonds. The van der Waals surface area contributed by atoms with Gasteiger partial charge in [0.05, 0.1) is 9.79 Å². The Morgan fingerprint density at radius 3 is 1.19 bits per heavy atom. The summed E-state index contributed by atoms with van der Waals surface area (Å²) in [5.41, 5.74) is 0. The zero-order valence-corrected chi connectivity index (χ0v) is 15.3. The van der Waals surface area contributed by atoms with E-state index in [1.54, 1.807) is 0 Å². The van der Waals surface area contributed by atoms with Gasteiger partial charge in [0.1, 0.15) is 31.7 Å². The fourth-order valence-electron chi connectivity index (χ4n) is 2.45. The highest BCUT2D eigenvalue weighted by atomic mass is 32.2. The lowest BCUT2D eigenvalue weighted by molar-refractivity contribution is 0.460. The van der Waals surface area contributed by atoms with Crippen LogP contribution in [0.5, 0.6) is 11.5 Å². The minimum Gasteiger partial charge on any atom is -0.744 e. The number of hydrogen-bond donors (Lipinski definition) is 4. The highest BCUT2D eigenvalue weighted by molar-refractivity contribution is 7.86. The first-order valence-electron chi connectivity index (χ1n) is 6.33. The summed E-state index contributed by atoms with van der Waals surface area (Å²) in [7, 11) is -9.53. The number of phenols is 2. The molecule has 0 saturated heterocycles. The molecule has 3 aromatic rings. The smallest absolute Gasteiger partial charge is 0.131 e. The zero-order valence-electron chi connectivity index (χ0n) is 13.6. The molecule has 142 valence electrons. The Kier molecular flexibility index (Phi) is 5.54. The maximum atomic E-state index is 11.1. The van der Waals surface area contributed by atoms with E-state index in [1.807, 2.05) is 0 Å². The molecule has 0 heterocycles. The number of fused-ring (bicyclic) bond motifs is 2. The molecule has 0 atom stereocenters. The van der Waals surface area contributed by atoms with E-state index in [0.717, 1.165) is 36.4 Å². The normalized spacial score (nSPS) is 11.8. The lowest BCUT2D eigenvalue weighted by Gasteiger charge is -2.14. The SMILES string of the molecule is O=S(=O)([O-])c1ccc2c(O)c3cc(S(=O)(=O)[O-])ccc3c(O)c2c1.[NH4+].[NH4+]. The van der Waals surface area contributed by atoms with Gasteiger partial charge < -0.3 is 31.6 Å². The van der Waals surface area contributed by atoms with Crippen molar-refractivity contribution in [2.45, 2.75) is 9.79 Å². The molecule has 10 N–H and O–H groups in total. The molecule has 0 aliphatic rings. The number of quaternary nitrogens is 2. The fraction of sp³-hybridized carbons (Fsp3) is 0. The minimum absolute atomic E-state index is 0. The molecule has 3 aromatic carbocycles. The Morgan fingerprint density at radius 2 is 0.923 bits per heavy atom. The third-order valence-corrected chi connectivity index (χ3v) is 5.24. The van der Waals surface area contributed by atoms with Crippen LogP contribution in [0.25, 0.3) is 21.5 Å². The van der Waals surface area contributed by atoms with Crippen LogP contribution in [-0.2, 0) is 20.2 Å². The van der Waals surface area contributed by atoms with Gasteiger partial charge in [-0.25, -0.2) is 16.8 Å². The van der Waals surface area contributed by atoms with Gasteiger partial charge >= 0.3 is 0 Å². The number of rotatable bonds is 2. The second-order valence-corrected chi connectivity index (χ2v) is 7.78. The van der Waals surface area contributed by atoms with Crippen molar-refractivity contribution in [2.24, 2.45) is 0 Å². The fourth-order valence-corrected chi connectivity index (χ4v) is 3.45. The molecule has 0 aliphatic heterocycles. The van der Waals surface area contributed by atoms with E-state index in [4.69, 9.17) is 0 Å². The van der Waals surface area contributed by atoms with Gasteiger partial charge in [0.15, 0.2) is 0 Å². The van der Waals surface area contributed by atoms with E-state index in [1.165, 1.54) is 0 Å². The number of hydrogen-bond acceptors (Lipinski definition) is 8. The van der Waals surface area contributed by atoms with Crippen LogP contribution in [0.15, 0.2) is 46.2 Å². The largest absolute Gasteiger partial charge is 0.744 e. The predicted octanol–water partition coefficient (Wildman–Crippen LogP) is 1.96. The van der Waals surface area contributed by atoms with Crippen LogP contribution in [-0.4, -0.2) is 36.2 Å². The van der Waals surface area contributed by atoms with Gasteiger partial charge in [-0.3, -0.25) is 0 Å². The first kappa shape index (κ1) is 21.6. The summed E-state index contributed by atoms with van der Waals surface area (Å²) in [6.07, 6.45) is 0. The molecule has 3 rings (SSSR count). The first-order valence-corrected chi connectivity index (χ1v) is 9.15. The molecule has 0 aliphatic carbocycles. The highest BCUT2D eigenvalue weighted by Gasteiger charge is 2.16. The van der Waals surface area contributed by atoms with Crippen LogP contribution in [0.4, 0.5) is 0 Å². The van der Waals surface area contributed by atoms with Gasteiger partial charge in [-0.15, -0.1) is 0 Å². The van der Waals surface area contributed by atoms with Crippen LogP contribution in [0.2, 0.25) is 0 Å². The number of phenolic OH excluding ortho intramolecular Hbond substituents is 2. The molecular weight excluding hydrogens is 388 g/mol. The average molecular weight is 404 g/mol. The number of benzene rings is 3. The monoisotopic (exact) mass is 404 g/mol. The molecule has 26 heavy (non-hydrogen) atoms. The van der Waals surface area contributed by atoms with Gasteiger partial charge in [-0.2, -0.15) is 0 Å². The predicted molar refractivity (Wildman–Crippen MR) is 92.7 cm³/mol. The summed E-state index contributed by atoms with van der Waals surface area (Å²) in [5, 5.41) is 20.3. The van der Waals surface area contributed by atoms with E-state index in [9.17, 15) is 36.2 Å². The average Bonchev–Trinajstić information content (AvgIpc) is 2.49. The molecular formula is C14H16N2O8S2. The summed E-state index contributed by atoms with van der Waals surface area (Å²) in [6, 6.07) is 5.92. The van der Waals surface area contributed by atoms with Crippen molar-refractivity contribution < 1.29 is 36.2 Å². The van der Waals surface area contributed by atoms with Crippen molar-refractivity contribution in [3.05, 3.63) is 36.4 Å². The van der Waals surface area contributed by atoms with Crippen LogP contribution in [0, 0.1) is 0 Å². The topological polar surface area (TPSA) is 228 Å². The zero-order chi connectivity index (χ0) is 17.9. The standard InChI is InChI=1S/C14H10O8S2.2H3N/c15-13-9-3-1-7(23(17,18)19)5-11(9)14(16)10-4-2-8(6-12(10)13)24(20,21)22;;/h1-6,15-16H,(H,17,18,19)(H,20,21,22);2*1H3. The Balaban J connectivity index is 0.00000169. The lowest BCUT2D eigenvalue weighted by atomic mass is 10.0. The van der Waals surface area contributed by atoms with E-state index < -0.39 is 41.5 Å². The Hall–Kier alpha value is -2.48. The molecule has 0 bridgehead atoms. The molecule has 0 radical (unpaired) electrons. The van der Waals surface area contributed by atoms with Crippen LogP contribution >= 0.6 is 0 Å². The van der Waals surface area contributed by atoms with Crippen LogP contribution in [0.3, 0.4) is 0 Å².